The van der Waals surface area contributed by atoms with Crippen LogP contribution in [0, 0.1) is 0 Å². The number of benzene rings is 3. The van der Waals surface area contributed by atoms with Gasteiger partial charge in [-0.25, -0.2) is 4.98 Å². The third kappa shape index (κ3) is 4.00. The van der Waals surface area contributed by atoms with Gasteiger partial charge in [-0.2, -0.15) is 0 Å². The quantitative estimate of drug-likeness (QED) is 0.289. The molecule has 0 N–H and O–H groups in total. The first-order valence-electron chi connectivity index (χ1n) is 10.1. The first-order chi connectivity index (χ1) is 15.2. The number of halogens is 1. The number of aromatic nitrogens is 2. The van der Waals surface area contributed by atoms with Crippen molar-refractivity contribution >= 4 is 51.8 Å². The highest BCUT2D eigenvalue weighted by Crippen LogP contribution is 2.22. The zero-order valence-corrected chi connectivity index (χ0v) is 17.5. The van der Waals surface area contributed by atoms with E-state index in [9.17, 15) is 4.79 Å². The van der Waals surface area contributed by atoms with E-state index in [1.54, 1.807) is 0 Å². The lowest BCUT2D eigenvalue weighted by atomic mass is 10.1. The van der Waals surface area contributed by atoms with Crippen LogP contribution in [0.2, 0.25) is 5.02 Å². The minimum atomic E-state index is 0.684. The molecule has 0 amide bonds. The van der Waals surface area contributed by atoms with Crippen LogP contribution in [-0.4, -0.2) is 15.8 Å². The average molecular weight is 423 g/mol. The molecule has 5 rings (SSSR count). The molecule has 2 heterocycles. The van der Waals surface area contributed by atoms with Crippen LogP contribution in [0.15, 0.2) is 85.1 Å². The number of rotatable bonds is 5. The second kappa shape index (κ2) is 8.21. The van der Waals surface area contributed by atoms with Crippen molar-refractivity contribution in [1.82, 2.24) is 9.55 Å². The first kappa shape index (κ1) is 19.3. The summed E-state index contributed by atoms with van der Waals surface area (Å²) in [5, 5.41) is 2.82. The number of para-hydroxylation sites is 1. The van der Waals surface area contributed by atoms with E-state index in [4.69, 9.17) is 11.6 Å². The molecule has 0 spiro atoms. The maximum Gasteiger partial charge on any atom is 0.152 e. The standard InChI is InChI=1S/C27H19ClN2O/c28-24-10-8-21-9-12-25(29-26(21)16-24)11-7-19-3-1-4-20(15-19)17-30-14-13-22-5-2-6-23(18-31)27(22)30/h1-16,18H,17H2. The monoisotopic (exact) mass is 422 g/mol. The Morgan fingerprint density at radius 1 is 0.871 bits per heavy atom. The summed E-state index contributed by atoms with van der Waals surface area (Å²) in [5.41, 5.74) is 5.70. The highest BCUT2D eigenvalue weighted by atomic mass is 35.5. The number of carbonyl (C=O) groups excluding carboxylic acids is 1. The van der Waals surface area contributed by atoms with Gasteiger partial charge in [0, 0.05) is 34.1 Å². The van der Waals surface area contributed by atoms with E-state index in [-0.39, 0.29) is 0 Å². The normalized spacial score (nSPS) is 11.5. The highest BCUT2D eigenvalue weighted by Gasteiger charge is 2.07. The second-order valence-corrected chi connectivity index (χ2v) is 7.93. The fourth-order valence-corrected chi connectivity index (χ4v) is 4.06. The number of fused-ring (bicyclic) bond motifs is 2. The maximum absolute atomic E-state index is 11.5. The van der Waals surface area contributed by atoms with Crippen molar-refractivity contribution < 1.29 is 4.79 Å². The Morgan fingerprint density at radius 2 is 1.74 bits per heavy atom. The van der Waals surface area contributed by atoms with Crippen LogP contribution in [0.5, 0.6) is 0 Å². The predicted molar refractivity (Wildman–Crippen MR) is 129 cm³/mol. The number of aldehydes is 1. The van der Waals surface area contributed by atoms with E-state index in [0.29, 0.717) is 17.1 Å². The topological polar surface area (TPSA) is 34.9 Å². The van der Waals surface area contributed by atoms with Crippen LogP contribution in [0.1, 0.15) is 27.2 Å². The minimum Gasteiger partial charge on any atom is -0.342 e. The summed E-state index contributed by atoms with van der Waals surface area (Å²) in [7, 11) is 0. The molecule has 2 aromatic heterocycles. The Balaban J connectivity index is 1.41. The van der Waals surface area contributed by atoms with Gasteiger partial charge >= 0.3 is 0 Å². The molecule has 0 aliphatic heterocycles. The van der Waals surface area contributed by atoms with E-state index in [0.717, 1.165) is 39.3 Å². The van der Waals surface area contributed by atoms with Crippen molar-refractivity contribution in [3.63, 3.8) is 0 Å². The fraction of sp³-hybridized carbons (Fsp3) is 0.0370. The van der Waals surface area contributed by atoms with Crippen LogP contribution in [0.3, 0.4) is 0 Å². The van der Waals surface area contributed by atoms with Crippen LogP contribution < -0.4 is 0 Å². The summed E-state index contributed by atoms with van der Waals surface area (Å²) < 4.78 is 2.12. The molecular formula is C27H19ClN2O. The molecule has 0 bridgehead atoms. The van der Waals surface area contributed by atoms with Gasteiger partial charge in [-0.3, -0.25) is 4.79 Å². The van der Waals surface area contributed by atoms with Crippen LogP contribution in [0.25, 0.3) is 34.0 Å². The van der Waals surface area contributed by atoms with Gasteiger partial charge in [0.1, 0.15) is 0 Å². The minimum absolute atomic E-state index is 0.684. The molecule has 0 radical (unpaired) electrons. The van der Waals surface area contributed by atoms with Gasteiger partial charge in [0.15, 0.2) is 6.29 Å². The Bertz CT molecular complexity index is 1450. The number of nitrogens with zero attached hydrogens (tertiary/aromatic N) is 2. The summed E-state index contributed by atoms with van der Waals surface area (Å²) in [6.45, 7) is 0.697. The van der Waals surface area contributed by atoms with Crippen molar-refractivity contribution in [1.29, 1.82) is 0 Å². The van der Waals surface area contributed by atoms with E-state index < -0.39 is 0 Å². The third-order valence-corrected chi connectivity index (χ3v) is 5.61. The molecule has 31 heavy (non-hydrogen) atoms. The third-order valence-electron chi connectivity index (χ3n) is 5.37. The average Bonchev–Trinajstić information content (AvgIpc) is 3.20. The van der Waals surface area contributed by atoms with Crippen molar-refractivity contribution in [2.24, 2.45) is 0 Å². The van der Waals surface area contributed by atoms with Crippen LogP contribution in [0.4, 0.5) is 0 Å². The molecule has 0 aliphatic rings. The van der Waals surface area contributed by atoms with Gasteiger partial charge in [0.25, 0.3) is 0 Å². The lowest BCUT2D eigenvalue weighted by Gasteiger charge is -2.08. The Kier molecular flexibility index (Phi) is 5.11. The Labute approximate surface area is 185 Å². The van der Waals surface area contributed by atoms with Crippen molar-refractivity contribution in [2.45, 2.75) is 6.54 Å². The SMILES string of the molecule is O=Cc1cccc2ccn(Cc3cccc(C=Cc4ccc5ccc(Cl)cc5n4)c3)c12. The lowest BCUT2D eigenvalue weighted by molar-refractivity contribution is 0.112. The molecule has 4 heteroatoms. The van der Waals surface area contributed by atoms with Gasteiger partial charge in [0.05, 0.1) is 16.7 Å². The number of carbonyl (C=O) groups is 1. The summed E-state index contributed by atoms with van der Waals surface area (Å²) >= 11 is 6.10. The van der Waals surface area contributed by atoms with Gasteiger partial charge in [-0.05, 0) is 53.6 Å². The van der Waals surface area contributed by atoms with Gasteiger partial charge in [-0.15, -0.1) is 0 Å². The van der Waals surface area contributed by atoms with Crippen molar-refractivity contribution in [3.05, 3.63) is 112 Å². The summed E-state index contributed by atoms with van der Waals surface area (Å²) in [4.78, 5) is 16.1. The van der Waals surface area contributed by atoms with Gasteiger partial charge in [0.2, 0.25) is 0 Å². The molecule has 0 fully saturated rings. The fourth-order valence-electron chi connectivity index (χ4n) is 3.89. The molecule has 3 nitrogen and oxygen atoms in total. The van der Waals surface area contributed by atoms with Crippen LogP contribution in [-0.2, 0) is 6.54 Å². The molecular weight excluding hydrogens is 404 g/mol. The Hall–Kier alpha value is -3.69. The number of pyridine rings is 1. The molecule has 3 aromatic carbocycles. The van der Waals surface area contributed by atoms with Crippen LogP contribution >= 0.6 is 11.6 Å². The molecule has 0 unspecified atom stereocenters. The highest BCUT2D eigenvalue weighted by molar-refractivity contribution is 6.31. The largest absolute Gasteiger partial charge is 0.342 e. The lowest BCUT2D eigenvalue weighted by Crippen LogP contribution is -2.00. The smallest absolute Gasteiger partial charge is 0.152 e. The summed E-state index contributed by atoms with van der Waals surface area (Å²) in [6.07, 6.45) is 7.02. The number of hydrogen-bond donors (Lipinski definition) is 0. The van der Waals surface area contributed by atoms with Crippen molar-refractivity contribution in [3.8, 4) is 0 Å². The van der Waals surface area contributed by atoms with E-state index in [1.807, 2.05) is 60.8 Å². The maximum atomic E-state index is 11.5. The molecule has 0 saturated heterocycles. The first-order valence-corrected chi connectivity index (χ1v) is 10.4. The van der Waals surface area contributed by atoms with E-state index in [1.165, 1.54) is 5.56 Å². The molecule has 150 valence electrons. The van der Waals surface area contributed by atoms with E-state index >= 15 is 0 Å². The summed E-state index contributed by atoms with van der Waals surface area (Å²) in [6, 6.07) is 26.0. The molecule has 0 atom stereocenters. The summed E-state index contributed by atoms with van der Waals surface area (Å²) in [5.74, 6) is 0. The van der Waals surface area contributed by atoms with Gasteiger partial charge in [-0.1, -0.05) is 60.1 Å². The zero-order valence-electron chi connectivity index (χ0n) is 16.7. The Morgan fingerprint density at radius 3 is 2.65 bits per heavy atom. The number of hydrogen-bond acceptors (Lipinski definition) is 2. The molecule has 0 aliphatic carbocycles. The van der Waals surface area contributed by atoms with E-state index in [2.05, 4.69) is 46.0 Å². The predicted octanol–water partition coefficient (Wildman–Crippen LogP) is 6.87. The van der Waals surface area contributed by atoms with Crippen molar-refractivity contribution in [2.75, 3.05) is 0 Å². The van der Waals surface area contributed by atoms with Gasteiger partial charge < -0.3 is 4.57 Å². The molecule has 5 aromatic rings. The second-order valence-electron chi connectivity index (χ2n) is 7.50. The zero-order chi connectivity index (χ0) is 21.2. The molecule has 0 saturated carbocycles.